The lowest BCUT2D eigenvalue weighted by Crippen LogP contribution is -2.32. The normalized spacial score (nSPS) is 13.0. The Morgan fingerprint density at radius 3 is 2.27 bits per heavy atom. The first-order chi connectivity index (χ1) is 10.9. The summed E-state index contributed by atoms with van der Waals surface area (Å²) in [4.78, 5) is 13.2. The van der Waals surface area contributed by atoms with E-state index in [1.54, 1.807) is 19.5 Å². The van der Waals surface area contributed by atoms with Gasteiger partial charge in [0.1, 0.15) is 6.73 Å². The Balaban J connectivity index is 2.04. The number of aliphatic hydroxyl groups is 1. The van der Waals surface area contributed by atoms with E-state index in [2.05, 4.69) is 27.0 Å². The standard InChI is InChI=1S/C16H20N4O2/c1-22-12-20-14-7-3-2-6-13(14)19(10-4-5-11-21)15-16(20)18-9-8-17-15/h2-3,6-9,21H,4-5,10-12H2,1H3. The molecule has 22 heavy (non-hydrogen) atoms. The molecule has 0 saturated heterocycles. The molecule has 0 aliphatic carbocycles. The first-order valence-electron chi connectivity index (χ1n) is 7.41. The first-order valence-corrected chi connectivity index (χ1v) is 7.41. The van der Waals surface area contributed by atoms with E-state index in [0.717, 1.165) is 42.4 Å². The van der Waals surface area contributed by atoms with Crippen molar-refractivity contribution in [2.75, 3.05) is 36.8 Å². The Labute approximate surface area is 130 Å². The third kappa shape index (κ3) is 2.63. The molecule has 1 aliphatic heterocycles. The predicted molar refractivity (Wildman–Crippen MR) is 85.8 cm³/mol. The summed E-state index contributed by atoms with van der Waals surface area (Å²) in [6.07, 6.45) is 5.07. The number of unbranched alkanes of at least 4 members (excludes halogenated alkanes) is 1. The molecule has 3 rings (SSSR count). The van der Waals surface area contributed by atoms with E-state index >= 15 is 0 Å². The number of fused-ring (bicyclic) bond motifs is 2. The van der Waals surface area contributed by atoms with Crippen molar-refractivity contribution in [3.63, 3.8) is 0 Å². The molecular weight excluding hydrogens is 280 g/mol. The van der Waals surface area contributed by atoms with Gasteiger partial charge in [0, 0.05) is 32.7 Å². The van der Waals surface area contributed by atoms with Crippen molar-refractivity contribution in [3.05, 3.63) is 36.7 Å². The minimum Gasteiger partial charge on any atom is -0.396 e. The van der Waals surface area contributed by atoms with Gasteiger partial charge in [-0.3, -0.25) is 4.90 Å². The maximum Gasteiger partial charge on any atom is 0.178 e. The van der Waals surface area contributed by atoms with Gasteiger partial charge in [0.2, 0.25) is 0 Å². The fourth-order valence-corrected chi connectivity index (χ4v) is 2.72. The van der Waals surface area contributed by atoms with Crippen LogP contribution >= 0.6 is 0 Å². The zero-order valence-corrected chi connectivity index (χ0v) is 12.6. The lowest BCUT2D eigenvalue weighted by atomic mass is 10.1. The number of para-hydroxylation sites is 2. The van der Waals surface area contributed by atoms with Crippen LogP contribution in [0.2, 0.25) is 0 Å². The highest BCUT2D eigenvalue weighted by Crippen LogP contribution is 2.45. The highest BCUT2D eigenvalue weighted by molar-refractivity contribution is 5.89. The second-order valence-electron chi connectivity index (χ2n) is 5.12. The van der Waals surface area contributed by atoms with E-state index in [1.807, 2.05) is 17.0 Å². The van der Waals surface area contributed by atoms with Crippen LogP contribution in [0.25, 0.3) is 0 Å². The number of aliphatic hydroxyl groups excluding tert-OH is 1. The Morgan fingerprint density at radius 1 is 1.00 bits per heavy atom. The van der Waals surface area contributed by atoms with Gasteiger partial charge >= 0.3 is 0 Å². The number of hydrogen-bond acceptors (Lipinski definition) is 6. The summed E-state index contributed by atoms with van der Waals surface area (Å²) < 4.78 is 5.34. The lowest BCUT2D eigenvalue weighted by Gasteiger charge is -2.37. The van der Waals surface area contributed by atoms with Crippen LogP contribution in [0.1, 0.15) is 12.8 Å². The number of nitrogens with zero attached hydrogens (tertiary/aromatic N) is 4. The highest BCUT2D eigenvalue weighted by atomic mass is 16.5. The van der Waals surface area contributed by atoms with Gasteiger partial charge in [-0.15, -0.1) is 0 Å². The van der Waals surface area contributed by atoms with Gasteiger partial charge in [0.25, 0.3) is 0 Å². The van der Waals surface area contributed by atoms with Crippen LogP contribution < -0.4 is 9.80 Å². The SMILES string of the molecule is COCN1c2ccccc2N(CCCCO)c2nccnc21. The molecule has 0 bridgehead atoms. The highest BCUT2D eigenvalue weighted by Gasteiger charge is 2.29. The van der Waals surface area contributed by atoms with Crippen LogP contribution in [-0.4, -0.2) is 42.1 Å². The van der Waals surface area contributed by atoms with Gasteiger partial charge in [-0.05, 0) is 25.0 Å². The molecule has 0 amide bonds. The summed E-state index contributed by atoms with van der Waals surface area (Å²) in [6, 6.07) is 8.17. The second-order valence-corrected chi connectivity index (χ2v) is 5.12. The number of methoxy groups -OCH3 is 1. The Morgan fingerprint density at radius 2 is 1.64 bits per heavy atom. The van der Waals surface area contributed by atoms with Crippen LogP contribution in [0, 0.1) is 0 Å². The maximum absolute atomic E-state index is 9.03. The van der Waals surface area contributed by atoms with Crippen LogP contribution in [-0.2, 0) is 4.74 Å². The van der Waals surface area contributed by atoms with Gasteiger partial charge in [-0.25, -0.2) is 9.97 Å². The molecule has 0 atom stereocenters. The van der Waals surface area contributed by atoms with Crippen molar-refractivity contribution >= 4 is 23.0 Å². The van der Waals surface area contributed by atoms with Crippen molar-refractivity contribution < 1.29 is 9.84 Å². The van der Waals surface area contributed by atoms with E-state index in [9.17, 15) is 0 Å². The molecule has 1 aromatic carbocycles. The number of hydrogen-bond donors (Lipinski definition) is 1. The molecule has 6 nitrogen and oxygen atoms in total. The van der Waals surface area contributed by atoms with E-state index in [1.165, 1.54) is 0 Å². The molecule has 1 aliphatic rings. The van der Waals surface area contributed by atoms with Gasteiger partial charge in [0.15, 0.2) is 11.6 Å². The average molecular weight is 300 g/mol. The zero-order chi connectivity index (χ0) is 15.4. The Bertz CT molecular complexity index is 588. The smallest absolute Gasteiger partial charge is 0.178 e. The largest absolute Gasteiger partial charge is 0.396 e. The van der Waals surface area contributed by atoms with Crippen LogP contribution in [0.15, 0.2) is 36.7 Å². The third-order valence-corrected chi connectivity index (χ3v) is 3.68. The topological polar surface area (TPSA) is 61.7 Å². The summed E-state index contributed by atoms with van der Waals surface area (Å²) in [5.41, 5.74) is 2.15. The molecule has 1 N–H and O–H groups in total. The molecule has 2 aromatic rings. The average Bonchev–Trinajstić information content (AvgIpc) is 2.57. The Kier molecular flexibility index (Phi) is 4.50. The van der Waals surface area contributed by atoms with Crippen molar-refractivity contribution in [3.8, 4) is 0 Å². The van der Waals surface area contributed by atoms with Gasteiger partial charge in [-0.2, -0.15) is 0 Å². The summed E-state index contributed by atoms with van der Waals surface area (Å²) in [7, 11) is 1.67. The van der Waals surface area contributed by atoms with Gasteiger partial charge in [0.05, 0.1) is 11.4 Å². The summed E-state index contributed by atoms with van der Waals surface area (Å²) in [6.45, 7) is 1.43. The number of aromatic nitrogens is 2. The minimum absolute atomic E-state index is 0.207. The molecule has 0 fully saturated rings. The molecule has 1 aromatic heterocycles. The third-order valence-electron chi connectivity index (χ3n) is 3.68. The maximum atomic E-state index is 9.03. The van der Waals surface area contributed by atoms with E-state index < -0.39 is 0 Å². The van der Waals surface area contributed by atoms with Crippen molar-refractivity contribution in [1.29, 1.82) is 0 Å². The predicted octanol–water partition coefficient (Wildman–Crippen LogP) is 2.44. The number of rotatable bonds is 6. The molecule has 2 heterocycles. The van der Waals surface area contributed by atoms with E-state index in [-0.39, 0.29) is 6.61 Å². The molecule has 0 saturated carbocycles. The second kappa shape index (κ2) is 6.72. The minimum atomic E-state index is 0.207. The van der Waals surface area contributed by atoms with E-state index in [0.29, 0.717) is 6.73 Å². The van der Waals surface area contributed by atoms with Gasteiger partial charge in [-0.1, -0.05) is 12.1 Å². The van der Waals surface area contributed by atoms with Crippen LogP contribution in [0.3, 0.4) is 0 Å². The quantitative estimate of drug-likeness (QED) is 0.827. The molecule has 6 heteroatoms. The summed E-state index contributed by atoms with van der Waals surface area (Å²) in [5, 5.41) is 9.03. The van der Waals surface area contributed by atoms with Crippen molar-refractivity contribution in [1.82, 2.24) is 9.97 Å². The van der Waals surface area contributed by atoms with Crippen LogP contribution in [0.4, 0.5) is 23.0 Å². The van der Waals surface area contributed by atoms with E-state index in [4.69, 9.17) is 9.84 Å². The van der Waals surface area contributed by atoms with Crippen molar-refractivity contribution in [2.45, 2.75) is 12.8 Å². The summed E-state index contributed by atoms with van der Waals surface area (Å²) >= 11 is 0. The first kappa shape index (κ1) is 14.7. The summed E-state index contributed by atoms with van der Waals surface area (Å²) in [5.74, 6) is 1.63. The molecule has 0 radical (unpaired) electrons. The monoisotopic (exact) mass is 300 g/mol. The zero-order valence-electron chi connectivity index (χ0n) is 12.6. The molecular formula is C16H20N4O2. The van der Waals surface area contributed by atoms with Gasteiger partial charge < -0.3 is 14.7 Å². The Hall–Kier alpha value is -2.18. The molecule has 0 unspecified atom stereocenters. The van der Waals surface area contributed by atoms with Crippen LogP contribution in [0.5, 0.6) is 0 Å². The number of benzene rings is 1. The molecule has 116 valence electrons. The number of ether oxygens (including phenoxy) is 1. The fraction of sp³-hybridized carbons (Fsp3) is 0.375. The molecule has 0 spiro atoms. The van der Waals surface area contributed by atoms with Crippen molar-refractivity contribution in [2.24, 2.45) is 0 Å². The number of anilines is 4. The fourth-order valence-electron chi connectivity index (χ4n) is 2.72. The lowest BCUT2D eigenvalue weighted by molar-refractivity contribution is 0.205.